The fourth-order valence-corrected chi connectivity index (χ4v) is 10.5. The predicted octanol–water partition coefficient (Wildman–Crippen LogP) is 14.0. The van der Waals surface area contributed by atoms with E-state index in [9.17, 15) is 0 Å². The van der Waals surface area contributed by atoms with E-state index in [0.29, 0.717) is 0 Å². The van der Waals surface area contributed by atoms with Crippen LogP contribution < -0.4 is 5.32 Å². The van der Waals surface area contributed by atoms with Crippen LogP contribution in [0.15, 0.2) is 187 Å². The van der Waals surface area contributed by atoms with Gasteiger partial charge in [0.1, 0.15) is 5.84 Å². The second-order valence-corrected chi connectivity index (χ2v) is 16.1. The van der Waals surface area contributed by atoms with Crippen molar-refractivity contribution in [3.05, 3.63) is 199 Å². The van der Waals surface area contributed by atoms with Crippen LogP contribution in [0.4, 0.5) is 0 Å². The summed E-state index contributed by atoms with van der Waals surface area (Å²) >= 11 is 3.75. The van der Waals surface area contributed by atoms with Crippen LogP contribution in [0.3, 0.4) is 0 Å². The van der Waals surface area contributed by atoms with E-state index in [4.69, 9.17) is 4.99 Å². The maximum Gasteiger partial charge on any atom is 0.134 e. The average molecular weight is 725 g/mol. The number of nitrogens with one attached hydrogen (secondary N) is 1. The molecular weight excluding hydrogens is 693 g/mol. The molecular formula is C50H32N2S2. The van der Waals surface area contributed by atoms with E-state index in [1.165, 1.54) is 78.9 Å². The Morgan fingerprint density at radius 2 is 0.981 bits per heavy atom. The number of hydrogen-bond acceptors (Lipinski definition) is 4. The monoisotopic (exact) mass is 724 g/mol. The molecule has 0 aliphatic carbocycles. The topological polar surface area (TPSA) is 24.4 Å². The second kappa shape index (κ2) is 12.7. The first kappa shape index (κ1) is 31.2. The van der Waals surface area contributed by atoms with Crippen molar-refractivity contribution in [2.45, 2.75) is 6.04 Å². The van der Waals surface area contributed by atoms with Gasteiger partial charge in [-0.15, -0.1) is 22.7 Å². The molecule has 0 radical (unpaired) electrons. The van der Waals surface area contributed by atoms with E-state index >= 15 is 0 Å². The molecule has 0 bridgehead atoms. The minimum atomic E-state index is -0.0681. The maximum atomic E-state index is 5.40. The lowest BCUT2D eigenvalue weighted by Gasteiger charge is -2.25. The first-order valence-electron chi connectivity index (χ1n) is 18.3. The molecule has 1 atom stereocenters. The van der Waals surface area contributed by atoms with Crippen molar-refractivity contribution < 1.29 is 0 Å². The summed E-state index contributed by atoms with van der Waals surface area (Å²) in [5.41, 5.74) is 9.17. The van der Waals surface area contributed by atoms with Crippen LogP contribution in [-0.2, 0) is 0 Å². The highest BCUT2D eigenvalue weighted by atomic mass is 32.1. The third kappa shape index (κ3) is 5.26. The number of hydrogen-bond donors (Lipinski definition) is 1. The number of rotatable bonds is 5. The van der Waals surface area contributed by atoms with Gasteiger partial charge in [0.2, 0.25) is 0 Å². The Kier molecular flexibility index (Phi) is 7.32. The van der Waals surface area contributed by atoms with E-state index in [1.807, 2.05) is 22.7 Å². The molecule has 11 rings (SSSR count). The van der Waals surface area contributed by atoms with Crippen LogP contribution in [0.5, 0.6) is 0 Å². The third-order valence-corrected chi connectivity index (χ3v) is 13.1. The van der Waals surface area contributed by atoms with Crippen LogP contribution in [0, 0.1) is 0 Å². The number of thiophene rings is 2. The smallest absolute Gasteiger partial charge is 0.134 e. The molecule has 1 N–H and O–H groups in total. The number of amidine groups is 1. The zero-order chi connectivity index (χ0) is 35.6. The summed E-state index contributed by atoms with van der Waals surface area (Å²) in [6.45, 7) is 0. The summed E-state index contributed by atoms with van der Waals surface area (Å²) in [4.78, 5) is 5.40. The fourth-order valence-electron chi connectivity index (χ4n) is 8.06. The molecule has 8 aromatic carbocycles. The van der Waals surface area contributed by atoms with Crippen molar-refractivity contribution in [3.63, 3.8) is 0 Å². The van der Waals surface area contributed by atoms with Gasteiger partial charge in [-0.05, 0) is 86.6 Å². The highest BCUT2D eigenvalue weighted by Crippen LogP contribution is 2.44. The largest absolute Gasteiger partial charge is 0.359 e. The molecule has 0 saturated carbocycles. The molecule has 54 heavy (non-hydrogen) atoms. The number of aliphatic imine (C=N–C) groups is 1. The lowest BCUT2D eigenvalue weighted by Crippen LogP contribution is -2.31. The molecule has 1 aliphatic rings. The quantitative estimate of drug-likeness (QED) is 0.188. The molecule has 0 saturated heterocycles. The molecule has 10 aromatic rings. The first-order chi connectivity index (χ1) is 26.7. The Bertz CT molecular complexity index is 3010. The van der Waals surface area contributed by atoms with Gasteiger partial charge in [0.25, 0.3) is 0 Å². The van der Waals surface area contributed by atoms with E-state index in [0.717, 1.165) is 22.7 Å². The zero-order valence-electron chi connectivity index (χ0n) is 29.2. The van der Waals surface area contributed by atoms with E-state index in [-0.39, 0.29) is 6.04 Å². The van der Waals surface area contributed by atoms with Gasteiger partial charge in [-0.2, -0.15) is 0 Å². The highest BCUT2D eigenvalue weighted by molar-refractivity contribution is 7.26. The molecule has 2 nitrogen and oxygen atoms in total. The van der Waals surface area contributed by atoms with Gasteiger partial charge < -0.3 is 5.32 Å². The molecule has 0 spiro atoms. The maximum absolute atomic E-state index is 5.40. The van der Waals surface area contributed by atoms with Gasteiger partial charge in [-0.25, -0.2) is 4.99 Å². The molecule has 0 amide bonds. The van der Waals surface area contributed by atoms with Crippen LogP contribution in [0.25, 0.3) is 79.1 Å². The van der Waals surface area contributed by atoms with Crippen molar-refractivity contribution >= 4 is 85.3 Å². The Labute approximate surface area is 321 Å². The summed E-state index contributed by atoms with van der Waals surface area (Å²) in [6.07, 6.45) is 2.27. The lowest BCUT2D eigenvalue weighted by atomic mass is 9.93. The molecule has 0 fully saturated rings. The van der Waals surface area contributed by atoms with Crippen molar-refractivity contribution in [1.29, 1.82) is 0 Å². The van der Waals surface area contributed by atoms with Crippen molar-refractivity contribution in [3.8, 4) is 22.3 Å². The zero-order valence-corrected chi connectivity index (χ0v) is 30.8. The Hall–Kier alpha value is -6.33. The van der Waals surface area contributed by atoms with Crippen molar-refractivity contribution in [2.24, 2.45) is 4.99 Å². The Morgan fingerprint density at radius 3 is 1.65 bits per heavy atom. The molecule has 254 valence electrons. The Balaban J connectivity index is 1.14. The van der Waals surface area contributed by atoms with Crippen molar-refractivity contribution in [2.75, 3.05) is 0 Å². The number of nitrogens with zero attached hydrogens (tertiary/aromatic N) is 1. The van der Waals surface area contributed by atoms with E-state index in [2.05, 4.69) is 187 Å². The molecule has 1 aliphatic heterocycles. The van der Waals surface area contributed by atoms with Gasteiger partial charge in [0.15, 0.2) is 0 Å². The van der Waals surface area contributed by atoms with Crippen molar-refractivity contribution in [1.82, 2.24) is 5.32 Å². The minimum Gasteiger partial charge on any atom is -0.359 e. The fraction of sp³-hybridized carbons (Fsp3) is 0.0200. The molecule has 2 aromatic heterocycles. The van der Waals surface area contributed by atoms with Gasteiger partial charge >= 0.3 is 0 Å². The second-order valence-electron chi connectivity index (χ2n) is 14.0. The lowest BCUT2D eigenvalue weighted by molar-refractivity contribution is 0.782. The first-order valence-corrected chi connectivity index (χ1v) is 19.9. The predicted molar refractivity (Wildman–Crippen MR) is 234 cm³/mol. The molecule has 4 heteroatoms. The van der Waals surface area contributed by atoms with Crippen LogP contribution in [0.2, 0.25) is 0 Å². The van der Waals surface area contributed by atoms with Gasteiger partial charge in [-0.1, -0.05) is 140 Å². The van der Waals surface area contributed by atoms with Crippen LogP contribution >= 0.6 is 22.7 Å². The highest BCUT2D eigenvalue weighted by Gasteiger charge is 2.22. The standard InChI is InChI=1S/C50H32N2S2/c1-2-13-32(14-3-1)44-30-45(34-25-24-31-12-4-5-15-33(31)26-34)52-50(51-44)37-28-35(38-18-10-20-42-40-16-6-8-22-46(40)53-48(38)42)27-36(29-37)39-19-11-21-43-41-17-7-9-23-47(41)54-49(39)43/h1-30,45H,(H,51,52). The van der Waals surface area contributed by atoms with E-state index < -0.39 is 0 Å². The summed E-state index contributed by atoms with van der Waals surface area (Å²) in [5.74, 6) is 0.865. The summed E-state index contributed by atoms with van der Waals surface area (Å²) in [5, 5.41) is 11.6. The van der Waals surface area contributed by atoms with Crippen LogP contribution in [-0.4, -0.2) is 5.84 Å². The van der Waals surface area contributed by atoms with Gasteiger partial charge in [0, 0.05) is 45.9 Å². The molecule has 3 heterocycles. The van der Waals surface area contributed by atoms with Gasteiger partial charge in [-0.3, -0.25) is 0 Å². The minimum absolute atomic E-state index is 0.0681. The average Bonchev–Trinajstić information content (AvgIpc) is 3.82. The number of fused-ring (bicyclic) bond motifs is 7. The van der Waals surface area contributed by atoms with Gasteiger partial charge in [0.05, 0.1) is 11.7 Å². The summed E-state index contributed by atoms with van der Waals surface area (Å²) < 4.78 is 5.22. The molecule has 1 unspecified atom stereocenters. The normalized spacial score (nSPS) is 14.5. The number of benzene rings is 8. The third-order valence-electron chi connectivity index (χ3n) is 10.7. The Morgan fingerprint density at radius 1 is 0.426 bits per heavy atom. The summed E-state index contributed by atoms with van der Waals surface area (Å²) in [6, 6.07) is 63.9. The van der Waals surface area contributed by atoms with E-state index in [1.54, 1.807) is 0 Å². The summed E-state index contributed by atoms with van der Waals surface area (Å²) in [7, 11) is 0. The SMILES string of the molecule is C1=C(c2ccccc2)N=C(c2cc(-c3cccc4c3sc3ccccc34)cc(-c3cccc4c3sc3ccccc34)c2)NC1c1ccc2ccccc2c1. The van der Waals surface area contributed by atoms with Crippen LogP contribution in [0.1, 0.15) is 22.7 Å².